The van der Waals surface area contributed by atoms with E-state index >= 15 is 0 Å². The van der Waals surface area contributed by atoms with Gasteiger partial charge in [-0.25, -0.2) is 0 Å². The molecule has 0 aliphatic carbocycles. The maximum Gasteiger partial charge on any atom is 0.239 e. The summed E-state index contributed by atoms with van der Waals surface area (Å²) in [5.74, 6) is -0.497. The maximum atomic E-state index is 11.4. The van der Waals surface area contributed by atoms with Crippen molar-refractivity contribution in [2.24, 2.45) is 5.73 Å². The van der Waals surface area contributed by atoms with Crippen molar-refractivity contribution in [3.63, 3.8) is 0 Å². The Morgan fingerprint density at radius 3 is 2.13 bits per heavy atom. The Bertz CT molecular complexity index is 225. The molecule has 0 bridgehead atoms. The molecule has 0 aromatic carbocycles. The minimum atomic E-state index is -0.320. The molecule has 0 fully saturated rings. The average molecular weight is 215 g/mol. The van der Waals surface area contributed by atoms with Crippen molar-refractivity contribution in [1.82, 2.24) is 10.6 Å². The molecule has 0 unspecified atom stereocenters. The van der Waals surface area contributed by atoms with Gasteiger partial charge in [-0.15, -0.1) is 0 Å². The number of rotatable bonds is 6. The third-order valence-corrected chi connectivity index (χ3v) is 2.63. The summed E-state index contributed by atoms with van der Waals surface area (Å²) in [6.07, 6.45) is 1.72. The van der Waals surface area contributed by atoms with Crippen molar-refractivity contribution < 1.29 is 9.59 Å². The van der Waals surface area contributed by atoms with Crippen LogP contribution in [-0.2, 0) is 9.59 Å². The number of carbonyl (C=O) groups excluding carboxylic acids is 2. The monoisotopic (exact) mass is 215 g/mol. The molecule has 5 nitrogen and oxygen atoms in total. The number of nitrogens with one attached hydrogen (secondary N) is 2. The number of hydrogen-bond donors (Lipinski definition) is 3. The predicted molar refractivity (Wildman–Crippen MR) is 59.2 cm³/mol. The molecule has 0 rings (SSSR count). The van der Waals surface area contributed by atoms with Crippen molar-refractivity contribution in [2.45, 2.75) is 39.2 Å². The highest BCUT2D eigenvalue weighted by Crippen LogP contribution is 2.12. The van der Waals surface area contributed by atoms with E-state index in [1.807, 2.05) is 20.8 Å². The molecule has 88 valence electrons. The molecule has 0 saturated carbocycles. The summed E-state index contributed by atoms with van der Waals surface area (Å²) < 4.78 is 0. The Labute approximate surface area is 90.8 Å². The highest BCUT2D eigenvalue weighted by atomic mass is 16.2. The van der Waals surface area contributed by atoms with Crippen LogP contribution in [0, 0.1) is 0 Å². The molecule has 4 N–H and O–H groups in total. The molecule has 0 radical (unpaired) electrons. The summed E-state index contributed by atoms with van der Waals surface area (Å²) in [5.41, 5.74) is 4.90. The number of nitrogens with two attached hydrogens (primary N) is 1. The summed E-state index contributed by atoms with van der Waals surface area (Å²) in [6, 6.07) is 0. The molecule has 0 spiro atoms. The van der Waals surface area contributed by atoms with Gasteiger partial charge in [0.1, 0.15) is 0 Å². The lowest BCUT2D eigenvalue weighted by Crippen LogP contribution is -2.49. The van der Waals surface area contributed by atoms with Crippen LogP contribution in [0.5, 0.6) is 0 Å². The summed E-state index contributed by atoms with van der Waals surface area (Å²) in [5, 5.41) is 5.30. The van der Waals surface area contributed by atoms with Gasteiger partial charge in [0.15, 0.2) is 0 Å². The minimum Gasteiger partial charge on any atom is -0.349 e. The van der Waals surface area contributed by atoms with Crippen molar-refractivity contribution in [3.05, 3.63) is 0 Å². The standard InChI is InChI=1S/C10H21N3O2/c1-4-10(3,5-2)13-9(15)7-12-8(14)6-11/h4-7,11H2,1-3H3,(H,12,14)(H,13,15). The van der Waals surface area contributed by atoms with Crippen LogP contribution in [0.2, 0.25) is 0 Å². The molecule has 0 aromatic heterocycles. The molecule has 0 aliphatic rings. The van der Waals surface area contributed by atoms with E-state index in [1.54, 1.807) is 0 Å². The van der Waals surface area contributed by atoms with E-state index in [0.29, 0.717) is 0 Å². The molecule has 0 heterocycles. The Hall–Kier alpha value is -1.10. The quantitative estimate of drug-likeness (QED) is 0.571. The fourth-order valence-corrected chi connectivity index (χ4v) is 1.06. The first-order chi connectivity index (χ1) is 6.97. The molecule has 0 aliphatic heterocycles. The van der Waals surface area contributed by atoms with Crippen LogP contribution in [-0.4, -0.2) is 30.4 Å². The lowest BCUT2D eigenvalue weighted by Gasteiger charge is -2.28. The van der Waals surface area contributed by atoms with E-state index in [-0.39, 0.29) is 30.4 Å². The zero-order chi connectivity index (χ0) is 11.9. The third-order valence-electron chi connectivity index (χ3n) is 2.63. The molecule has 5 heteroatoms. The first-order valence-corrected chi connectivity index (χ1v) is 5.25. The third kappa shape index (κ3) is 5.37. The predicted octanol–water partition coefficient (Wildman–Crippen LogP) is -0.244. The van der Waals surface area contributed by atoms with Gasteiger partial charge in [-0.05, 0) is 19.8 Å². The van der Waals surface area contributed by atoms with Crippen LogP contribution in [0.15, 0.2) is 0 Å². The number of carbonyl (C=O) groups is 2. The smallest absolute Gasteiger partial charge is 0.239 e. The van der Waals surface area contributed by atoms with Gasteiger partial charge in [0.2, 0.25) is 11.8 Å². The molecule has 0 aromatic rings. The van der Waals surface area contributed by atoms with Crippen LogP contribution in [0.4, 0.5) is 0 Å². The highest BCUT2D eigenvalue weighted by Gasteiger charge is 2.21. The Balaban J connectivity index is 3.97. The first-order valence-electron chi connectivity index (χ1n) is 5.25. The van der Waals surface area contributed by atoms with Gasteiger partial charge in [0.05, 0.1) is 13.1 Å². The molecule has 2 amide bonds. The van der Waals surface area contributed by atoms with E-state index < -0.39 is 0 Å². The fraction of sp³-hybridized carbons (Fsp3) is 0.800. The normalized spacial score (nSPS) is 10.9. The zero-order valence-corrected chi connectivity index (χ0v) is 9.72. The lowest BCUT2D eigenvalue weighted by atomic mass is 9.95. The van der Waals surface area contributed by atoms with Gasteiger partial charge in [-0.1, -0.05) is 13.8 Å². The lowest BCUT2D eigenvalue weighted by molar-refractivity contribution is -0.126. The second-order valence-corrected chi connectivity index (χ2v) is 3.80. The van der Waals surface area contributed by atoms with Crippen LogP contribution >= 0.6 is 0 Å². The topological polar surface area (TPSA) is 84.2 Å². The van der Waals surface area contributed by atoms with Crippen molar-refractivity contribution in [3.8, 4) is 0 Å². The molecular weight excluding hydrogens is 194 g/mol. The van der Waals surface area contributed by atoms with Crippen LogP contribution < -0.4 is 16.4 Å². The Kier molecular flexibility index (Phi) is 5.93. The largest absolute Gasteiger partial charge is 0.349 e. The second-order valence-electron chi connectivity index (χ2n) is 3.80. The van der Waals surface area contributed by atoms with Crippen LogP contribution in [0.25, 0.3) is 0 Å². The Morgan fingerprint density at radius 1 is 1.20 bits per heavy atom. The van der Waals surface area contributed by atoms with Gasteiger partial charge in [-0.2, -0.15) is 0 Å². The molecule has 0 atom stereocenters. The van der Waals surface area contributed by atoms with Gasteiger partial charge in [0, 0.05) is 5.54 Å². The molecule has 15 heavy (non-hydrogen) atoms. The first kappa shape index (κ1) is 13.9. The fourth-order valence-electron chi connectivity index (χ4n) is 1.06. The van der Waals surface area contributed by atoms with E-state index in [4.69, 9.17) is 5.73 Å². The van der Waals surface area contributed by atoms with E-state index in [2.05, 4.69) is 10.6 Å². The SMILES string of the molecule is CCC(C)(CC)NC(=O)CNC(=O)CN. The van der Waals surface area contributed by atoms with Crippen molar-refractivity contribution in [1.29, 1.82) is 0 Å². The number of hydrogen-bond acceptors (Lipinski definition) is 3. The maximum absolute atomic E-state index is 11.4. The minimum absolute atomic E-state index is 0.00831. The molecular formula is C10H21N3O2. The highest BCUT2D eigenvalue weighted by molar-refractivity contribution is 5.85. The number of amides is 2. The van der Waals surface area contributed by atoms with Gasteiger partial charge < -0.3 is 16.4 Å². The van der Waals surface area contributed by atoms with Crippen LogP contribution in [0.3, 0.4) is 0 Å². The van der Waals surface area contributed by atoms with E-state index in [9.17, 15) is 9.59 Å². The van der Waals surface area contributed by atoms with Gasteiger partial charge >= 0.3 is 0 Å². The Morgan fingerprint density at radius 2 is 1.73 bits per heavy atom. The van der Waals surface area contributed by atoms with Gasteiger partial charge in [-0.3, -0.25) is 9.59 Å². The van der Waals surface area contributed by atoms with Crippen molar-refractivity contribution >= 4 is 11.8 Å². The zero-order valence-electron chi connectivity index (χ0n) is 9.72. The summed E-state index contributed by atoms with van der Waals surface area (Å²) >= 11 is 0. The summed E-state index contributed by atoms with van der Waals surface area (Å²) in [6.45, 7) is 5.91. The van der Waals surface area contributed by atoms with Crippen molar-refractivity contribution in [2.75, 3.05) is 13.1 Å². The second kappa shape index (κ2) is 6.40. The van der Waals surface area contributed by atoms with E-state index in [1.165, 1.54) is 0 Å². The van der Waals surface area contributed by atoms with E-state index in [0.717, 1.165) is 12.8 Å². The van der Waals surface area contributed by atoms with Gasteiger partial charge in [0.25, 0.3) is 0 Å². The summed E-state index contributed by atoms with van der Waals surface area (Å²) in [4.78, 5) is 22.2. The van der Waals surface area contributed by atoms with Crippen LogP contribution in [0.1, 0.15) is 33.6 Å². The summed E-state index contributed by atoms with van der Waals surface area (Å²) in [7, 11) is 0. The average Bonchev–Trinajstić information content (AvgIpc) is 2.25. The molecule has 0 saturated heterocycles.